The van der Waals surface area contributed by atoms with E-state index in [0.29, 0.717) is 56.4 Å². The van der Waals surface area contributed by atoms with Gasteiger partial charge in [0.15, 0.2) is 5.78 Å². The maximum Gasteiger partial charge on any atom is 0.347 e. The van der Waals surface area contributed by atoms with Crippen molar-refractivity contribution in [3.05, 3.63) is 189 Å². The van der Waals surface area contributed by atoms with Gasteiger partial charge in [-0.1, -0.05) is 15.9 Å². The van der Waals surface area contributed by atoms with E-state index in [1.165, 1.54) is 30.3 Å². The van der Waals surface area contributed by atoms with Crippen molar-refractivity contribution in [3.63, 3.8) is 0 Å². The minimum atomic E-state index is -0.748. The summed E-state index contributed by atoms with van der Waals surface area (Å²) in [5, 5.41) is 11.9. The van der Waals surface area contributed by atoms with Crippen molar-refractivity contribution < 1.29 is 26.8 Å². The second kappa shape index (κ2) is 24.4. The van der Waals surface area contributed by atoms with E-state index in [-0.39, 0.29) is 27.8 Å². The number of imidazole rings is 2. The number of alkyl halides is 1. The van der Waals surface area contributed by atoms with Crippen LogP contribution in [0.2, 0.25) is 0 Å². The zero-order valence-electron chi connectivity index (χ0n) is 40.2. The quantitative estimate of drug-likeness (QED) is 0.0837. The van der Waals surface area contributed by atoms with Crippen molar-refractivity contribution in [3.8, 4) is 22.5 Å². The largest absolute Gasteiger partial charge is 0.422 e. The highest BCUT2D eigenvalue weighted by Crippen LogP contribution is 2.26. The summed E-state index contributed by atoms with van der Waals surface area (Å²) in [6.07, 6.45) is 13.6. The number of nitrogens with two attached hydrogens (primary N) is 1. The molecule has 2 fully saturated rings. The summed E-state index contributed by atoms with van der Waals surface area (Å²) in [6.45, 7) is 8.37. The molecule has 76 heavy (non-hydrogen) atoms. The van der Waals surface area contributed by atoms with Crippen LogP contribution in [0.3, 0.4) is 0 Å². The Morgan fingerprint density at radius 3 is 1.51 bits per heavy atom. The van der Waals surface area contributed by atoms with Gasteiger partial charge in [0.25, 0.3) is 0 Å². The Hall–Kier alpha value is -8.90. The Kier molecular flexibility index (Phi) is 16.7. The van der Waals surface area contributed by atoms with Crippen LogP contribution in [-0.2, 0) is 0 Å². The second-order valence-electron chi connectivity index (χ2n) is 16.7. The molecule has 0 saturated carbocycles. The average molecular weight is 1090 g/mol. The first kappa shape index (κ1) is 52.0. The topological polar surface area (TPSA) is 259 Å². The molecule has 0 aliphatic carbocycles. The molecule has 2 aliphatic heterocycles. The van der Waals surface area contributed by atoms with Crippen molar-refractivity contribution in [1.29, 1.82) is 0 Å². The molecular formula is C53H46BrF2N13O7. The lowest BCUT2D eigenvalue weighted by Crippen LogP contribution is -2.43. The van der Waals surface area contributed by atoms with Gasteiger partial charge in [-0.05, 0) is 72.8 Å². The van der Waals surface area contributed by atoms with Crippen molar-refractivity contribution in [2.45, 2.75) is 0 Å². The molecule has 2 aliphatic rings. The van der Waals surface area contributed by atoms with Crippen molar-refractivity contribution in [2.24, 2.45) is 0 Å². The van der Waals surface area contributed by atoms with Crippen LogP contribution in [0.4, 0.5) is 20.4 Å². The lowest BCUT2D eigenvalue weighted by molar-refractivity contribution is 0.102. The number of fused-ring (bicyclic) bond motifs is 5. The van der Waals surface area contributed by atoms with Crippen LogP contribution in [0.25, 0.3) is 67.0 Å². The van der Waals surface area contributed by atoms with Crippen molar-refractivity contribution in [1.82, 2.24) is 54.7 Å². The summed E-state index contributed by atoms with van der Waals surface area (Å²) in [5.74, 6) is 0.0650. The predicted octanol–water partition coefficient (Wildman–Crippen LogP) is 6.30. The molecule has 0 unspecified atom stereocenters. The number of Topliss-reactive ketones (excluding diaryl/α,β-unsaturated/α-hetero) is 1. The molecule has 0 spiro atoms. The summed E-state index contributed by atoms with van der Waals surface area (Å²) < 4.78 is 45.1. The minimum absolute atomic E-state index is 0.0315. The van der Waals surface area contributed by atoms with Crippen LogP contribution in [0.1, 0.15) is 10.4 Å². The zero-order valence-corrected chi connectivity index (χ0v) is 41.8. The Labute approximate surface area is 437 Å². The monoisotopic (exact) mass is 1090 g/mol. The summed E-state index contributed by atoms with van der Waals surface area (Å²) in [4.78, 5) is 74.0. The van der Waals surface area contributed by atoms with E-state index in [1.54, 1.807) is 76.4 Å². The van der Waals surface area contributed by atoms with Crippen LogP contribution in [0.15, 0.2) is 168 Å². The minimum Gasteiger partial charge on any atom is -0.422 e. The summed E-state index contributed by atoms with van der Waals surface area (Å²) in [6, 6.07) is 24.1. The average Bonchev–Trinajstić information content (AvgIpc) is 4.09. The van der Waals surface area contributed by atoms with Gasteiger partial charge in [0.2, 0.25) is 17.5 Å². The predicted molar refractivity (Wildman–Crippen MR) is 287 cm³/mol. The van der Waals surface area contributed by atoms with Crippen LogP contribution < -0.4 is 43.5 Å². The third kappa shape index (κ3) is 12.9. The lowest BCUT2D eigenvalue weighted by Gasteiger charge is -2.29. The normalized spacial score (nSPS) is 13.2. The summed E-state index contributed by atoms with van der Waals surface area (Å²) >= 11 is 2.97. The fourth-order valence-electron chi connectivity index (χ4n) is 7.85. The first-order valence-corrected chi connectivity index (χ1v) is 24.8. The van der Waals surface area contributed by atoms with Gasteiger partial charge >= 0.3 is 16.9 Å². The van der Waals surface area contributed by atoms with Crippen molar-refractivity contribution >= 4 is 77.8 Å². The molecular weight excluding hydrogens is 1050 g/mol. The third-order valence-electron chi connectivity index (χ3n) is 11.6. The summed E-state index contributed by atoms with van der Waals surface area (Å²) in [5.41, 5.74) is 7.21. The zero-order chi connectivity index (χ0) is 53.0. The Balaban J connectivity index is 0.000000127. The van der Waals surface area contributed by atoms with Gasteiger partial charge in [-0.25, -0.2) is 53.1 Å². The Morgan fingerprint density at radius 2 is 1.04 bits per heavy atom. The van der Waals surface area contributed by atoms with Gasteiger partial charge in [-0.3, -0.25) is 13.6 Å². The Morgan fingerprint density at radius 1 is 0.579 bits per heavy atom. The van der Waals surface area contributed by atoms with Gasteiger partial charge in [0.1, 0.15) is 33.9 Å². The number of benzene rings is 3. The number of carbonyl (C=O) groups is 1. The SMILES string of the molecule is C1CNCCN1.Nc1ncccn1.O=C(CBr)c1cc2ccc(F)cc2oc1=O.O=c1oc2cc(F)ccc2cc1-c1cn2cccnc2n1.O=c1oc2cc(N3CCNCC3)ccc2cc1-c1cn2cccnc2n1. The highest BCUT2D eigenvalue weighted by atomic mass is 79.9. The Bertz CT molecular complexity index is 3910. The smallest absolute Gasteiger partial charge is 0.347 e. The maximum absolute atomic E-state index is 13.1. The van der Waals surface area contributed by atoms with Crippen LogP contribution in [0, 0.1) is 11.6 Å². The van der Waals surface area contributed by atoms with E-state index in [4.69, 9.17) is 19.0 Å². The molecule has 0 atom stereocenters. The van der Waals surface area contributed by atoms with Gasteiger partial charge in [0, 0.05) is 142 Å². The molecule has 386 valence electrons. The molecule has 0 radical (unpaired) electrons. The van der Waals surface area contributed by atoms with Gasteiger partial charge in [-0.2, -0.15) is 0 Å². The number of hydrogen-bond acceptors (Lipinski definition) is 18. The van der Waals surface area contributed by atoms with E-state index in [9.17, 15) is 28.0 Å². The number of piperazine rings is 2. The second-order valence-corrected chi connectivity index (χ2v) is 17.3. The van der Waals surface area contributed by atoms with Gasteiger partial charge in [-0.15, -0.1) is 0 Å². The standard InChI is InChI=1S/C19H17N5O2.C15H8FN3O2.C11H6BrFO3.C4H5N3.C4H10N2/c25-18-15(16-12-24-7-1-4-21-19(24)22-16)10-13-2-3-14(11-17(13)26-18)23-8-5-20-6-9-23;16-10-3-2-9-6-11(14(20)21-13(9)7-10)12-8-19-5-1-4-17-15(19)18-12;12-5-9(14)8-3-6-1-2-7(13)4-10(6)16-11(8)15;5-4-6-2-1-3-7-4;1-2-6-4-3-5-1/h1-4,7,10-12,20H,5-6,8-9H2;1-8H;1-4H,5H2;1-3H,(H2,5,6,7);5-6H,1-4H2. The fraction of sp³-hybridized carbons (Fsp3) is 0.170. The number of anilines is 2. The number of rotatable bonds is 5. The number of carbonyl (C=O) groups excluding carboxylic acids is 1. The number of halogens is 3. The number of nitrogens with zero attached hydrogens (tertiary/aromatic N) is 9. The highest BCUT2D eigenvalue weighted by Gasteiger charge is 2.17. The maximum atomic E-state index is 13.1. The number of ketones is 1. The van der Waals surface area contributed by atoms with Gasteiger partial charge < -0.3 is 39.8 Å². The lowest BCUT2D eigenvalue weighted by atomic mass is 10.1. The van der Waals surface area contributed by atoms with E-state index in [1.807, 2.05) is 30.5 Å². The molecule has 13 rings (SSSR count). The molecule has 3 aromatic carbocycles. The van der Waals surface area contributed by atoms with Crippen LogP contribution in [-0.4, -0.2) is 102 Å². The van der Waals surface area contributed by atoms with Crippen LogP contribution in [0.5, 0.6) is 0 Å². The molecule has 2 saturated heterocycles. The molecule has 5 N–H and O–H groups in total. The summed E-state index contributed by atoms with van der Waals surface area (Å²) in [7, 11) is 0. The first-order valence-electron chi connectivity index (χ1n) is 23.6. The molecule has 23 heteroatoms. The molecule has 11 aromatic rings. The van der Waals surface area contributed by atoms with Crippen LogP contribution >= 0.6 is 15.9 Å². The van der Waals surface area contributed by atoms with E-state index >= 15 is 0 Å². The number of nitrogens with one attached hydrogen (secondary N) is 3. The molecule has 10 heterocycles. The first-order chi connectivity index (χ1) is 37.0. The fourth-order valence-corrected chi connectivity index (χ4v) is 8.15. The van der Waals surface area contributed by atoms with Crippen molar-refractivity contribution in [2.75, 3.05) is 68.3 Å². The number of hydrogen-bond donors (Lipinski definition) is 4. The molecule has 0 amide bonds. The molecule has 8 aromatic heterocycles. The third-order valence-corrected chi connectivity index (χ3v) is 12.1. The highest BCUT2D eigenvalue weighted by molar-refractivity contribution is 9.09. The molecule has 20 nitrogen and oxygen atoms in total. The number of aromatic nitrogens is 8. The van der Waals surface area contributed by atoms with E-state index < -0.39 is 28.5 Å². The van der Waals surface area contributed by atoms with E-state index in [2.05, 4.69) is 72.8 Å². The van der Waals surface area contributed by atoms with Gasteiger partial charge in [0.05, 0.1) is 27.8 Å². The molecule has 0 bridgehead atoms. The van der Waals surface area contributed by atoms with E-state index in [0.717, 1.165) is 69.5 Å². The number of nitrogen functional groups attached to an aromatic ring is 1.